The van der Waals surface area contributed by atoms with Gasteiger partial charge in [-0.05, 0) is 25.0 Å². The molecule has 2 aromatic rings. The quantitative estimate of drug-likeness (QED) is 0.942. The first kappa shape index (κ1) is 13.7. The van der Waals surface area contributed by atoms with E-state index in [1.165, 1.54) is 6.07 Å². The highest BCUT2D eigenvalue weighted by molar-refractivity contribution is 5.92. The van der Waals surface area contributed by atoms with Crippen LogP contribution in [0.3, 0.4) is 0 Å². The lowest BCUT2D eigenvalue weighted by Crippen LogP contribution is -2.39. The van der Waals surface area contributed by atoms with E-state index >= 15 is 0 Å². The van der Waals surface area contributed by atoms with Gasteiger partial charge in [0.05, 0.1) is 0 Å². The molecule has 1 amide bonds. The molecule has 1 aliphatic rings. The Morgan fingerprint density at radius 1 is 1.43 bits per heavy atom. The topological polar surface area (TPSA) is 66.8 Å². The molecule has 3 rings (SSSR count). The van der Waals surface area contributed by atoms with E-state index in [-0.39, 0.29) is 17.5 Å². The van der Waals surface area contributed by atoms with Crippen LogP contribution in [0.25, 0.3) is 0 Å². The van der Waals surface area contributed by atoms with Gasteiger partial charge in [-0.25, -0.2) is 4.68 Å². The van der Waals surface area contributed by atoms with Crippen LogP contribution in [0.2, 0.25) is 0 Å². The zero-order valence-electron chi connectivity index (χ0n) is 11.2. The van der Waals surface area contributed by atoms with Crippen molar-refractivity contribution in [3.05, 3.63) is 35.9 Å². The Labute approximate surface area is 119 Å². The third kappa shape index (κ3) is 2.79. The second-order valence-corrected chi connectivity index (χ2v) is 5.06. The number of hydrogen-bond donors (Lipinski definition) is 1. The average Bonchev–Trinajstić information content (AvgIpc) is 3.18. The molecule has 0 unspecified atom stereocenters. The zero-order chi connectivity index (χ0) is 14.8. The van der Waals surface area contributed by atoms with Crippen LogP contribution in [0.1, 0.15) is 41.5 Å². The molecule has 1 fully saturated rings. The van der Waals surface area contributed by atoms with E-state index in [1.807, 2.05) is 6.07 Å². The highest BCUT2D eigenvalue weighted by atomic mass is 19.3. The van der Waals surface area contributed by atoms with E-state index in [9.17, 15) is 13.6 Å². The molecule has 0 bridgehead atoms. The summed E-state index contributed by atoms with van der Waals surface area (Å²) in [7, 11) is 0. The summed E-state index contributed by atoms with van der Waals surface area (Å²) in [6.07, 6.45) is 4.64. The van der Waals surface area contributed by atoms with Crippen molar-refractivity contribution >= 4 is 5.91 Å². The lowest BCUT2D eigenvalue weighted by atomic mass is 9.95. The minimum atomic E-state index is -2.73. The molecular formula is C13H15F2N5O. The fourth-order valence-corrected chi connectivity index (χ4v) is 2.63. The van der Waals surface area contributed by atoms with Crippen molar-refractivity contribution in [2.45, 2.75) is 25.3 Å². The average molecular weight is 295 g/mol. The molecule has 1 saturated heterocycles. The van der Waals surface area contributed by atoms with Crippen LogP contribution in [0.5, 0.6) is 0 Å². The number of halogens is 2. The number of carbonyl (C=O) groups excluding carboxylic acids is 1. The molecule has 2 aromatic heterocycles. The van der Waals surface area contributed by atoms with Gasteiger partial charge in [0.2, 0.25) is 0 Å². The number of amides is 1. The van der Waals surface area contributed by atoms with E-state index in [2.05, 4.69) is 15.3 Å². The molecule has 0 aromatic carbocycles. The number of nitrogens with one attached hydrogen (secondary N) is 1. The third-order valence-corrected chi connectivity index (χ3v) is 3.70. The molecule has 1 atom stereocenters. The highest BCUT2D eigenvalue weighted by Gasteiger charge is 2.27. The van der Waals surface area contributed by atoms with Crippen LogP contribution in [0.15, 0.2) is 24.5 Å². The Kier molecular flexibility index (Phi) is 3.68. The predicted molar refractivity (Wildman–Crippen MR) is 69.9 cm³/mol. The summed E-state index contributed by atoms with van der Waals surface area (Å²) in [6.45, 7) is -1.57. The first-order valence-electron chi connectivity index (χ1n) is 6.77. The summed E-state index contributed by atoms with van der Waals surface area (Å²) >= 11 is 0. The van der Waals surface area contributed by atoms with Gasteiger partial charge in [0, 0.05) is 37.1 Å². The second-order valence-electron chi connectivity index (χ2n) is 5.06. The molecule has 3 heterocycles. The van der Waals surface area contributed by atoms with Crippen LogP contribution < -0.4 is 0 Å². The number of likely N-dealkylation sites (tertiary alicyclic amines) is 1. The van der Waals surface area contributed by atoms with Gasteiger partial charge in [-0.2, -0.15) is 19.0 Å². The van der Waals surface area contributed by atoms with Crippen molar-refractivity contribution < 1.29 is 13.6 Å². The smallest absolute Gasteiger partial charge is 0.333 e. The molecule has 21 heavy (non-hydrogen) atoms. The van der Waals surface area contributed by atoms with Crippen molar-refractivity contribution in [2.75, 3.05) is 13.1 Å². The second kappa shape index (κ2) is 5.63. The van der Waals surface area contributed by atoms with Gasteiger partial charge < -0.3 is 4.90 Å². The van der Waals surface area contributed by atoms with Gasteiger partial charge in [0.15, 0.2) is 5.69 Å². The fraction of sp³-hybridized carbons (Fsp3) is 0.462. The van der Waals surface area contributed by atoms with Gasteiger partial charge in [0.25, 0.3) is 5.91 Å². The Morgan fingerprint density at radius 3 is 2.95 bits per heavy atom. The summed E-state index contributed by atoms with van der Waals surface area (Å²) in [5.41, 5.74) is 1.05. The molecule has 1 N–H and O–H groups in total. The van der Waals surface area contributed by atoms with Gasteiger partial charge >= 0.3 is 6.55 Å². The number of aromatic nitrogens is 4. The molecule has 0 spiro atoms. The summed E-state index contributed by atoms with van der Waals surface area (Å²) in [5.74, 6) is -0.110. The number of hydrogen-bond acceptors (Lipinski definition) is 3. The molecule has 1 aliphatic heterocycles. The maximum absolute atomic E-state index is 12.5. The number of aromatic amines is 1. The lowest BCUT2D eigenvalue weighted by molar-refractivity contribution is 0.0546. The van der Waals surface area contributed by atoms with Gasteiger partial charge in [-0.3, -0.25) is 9.89 Å². The number of H-pyrrole nitrogens is 1. The number of alkyl halides is 2. The number of rotatable bonds is 3. The Bertz CT molecular complexity index is 610. The first-order valence-corrected chi connectivity index (χ1v) is 6.77. The minimum absolute atomic E-state index is 0.0561. The maximum Gasteiger partial charge on any atom is 0.333 e. The van der Waals surface area contributed by atoms with E-state index in [0.717, 1.165) is 24.7 Å². The molecule has 0 radical (unpaired) electrons. The van der Waals surface area contributed by atoms with E-state index in [4.69, 9.17) is 0 Å². The van der Waals surface area contributed by atoms with Crippen molar-refractivity contribution in [3.8, 4) is 0 Å². The van der Waals surface area contributed by atoms with Crippen LogP contribution >= 0.6 is 0 Å². The minimum Gasteiger partial charge on any atom is -0.337 e. The van der Waals surface area contributed by atoms with Crippen molar-refractivity contribution in [1.82, 2.24) is 24.9 Å². The maximum atomic E-state index is 12.5. The summed E-state index contributed by atoms with van der Waals surface area (Å²) < 4.78 is 25.5. The first-order chi connectivity index (χ1) is 10.1. The Morgan fingerprint density at radius 2 is 2.29 bits per heavy atom. The number of piperidine rings is 1. The van der Waals surface area contributed by atoms with E-state index in [1.54, 1.807) is 11.1 Å². The fourth-order valence-electron chi connectivity index (χ4n) is 2.63. The monoisotopic (exact) mass is 295 g/mol. The van der Waals surface area contributed by atoms with Crippen LogP contribution in [0, 0.1) is 0 Å². The van der Waals surface area contributed by atoms with E-state index in [0.29, 0.717) is 17.8 Å². The normalized spacial score (nSPS) is 19.2. The Hall–Kier alpha value is -2.25. The van der Waals surface area contributed by atoms with Crippen molar-refractivity contribution in [1.29, 1.82) is 0 Å². The standard InChI is InChI=1S/C13H15F2N5O/c14-13(15)20-7-4-11(18-20)12(21)19-6-1-2-9(8-19)10-3-5-16-17-10/h3-5,7,9,13H,1-2,6,8H2,(H,16,17)/t9-/m1/s1. The third-order valence-electron chi connectivity index (χ3n) is 3.70. The summed E-state index contributed by atoms with van der Waals surface area (Å²) in [5, 5.41) is 10.5. The van der Waals surface area contributed by atoms with Crippen LogP contribution in [-0.4, -0.2) is 43.9 Å². The highest BCUT2D eigenvalue weighted by Crippen LogP contribution is 2.26. The molecule has 112 valence electrons. The van der Waals surface area contributed by atoms with Crippen LogP contribution in [0.4, 0.5) is 8.78 Å². The molecule has 0 saturated carbocycles. The predicted octanol–water partition coefficient (Wildman–Crippen LogP) is 2.02. The largest absolute Gasteiger partial charge is 0.337 e. The molecule has 0 aliphatic carbocycles. The lowest BCUT2D eigenvalue weighted by Gasteiger charge is -2.31. The SMILES string of the molecule is O=C(c1ccn(C(F)F)n1)N1CCC[C@@H](c2ccn[nH]2)C1. The Balaban J connectivity index is 1.71. The molecule has 6 nitrogen and oxygen atoms in total. The van der Waals surface area contributed by atoms with E-state index < -0.39 is 6.55 Å². The summed E-state index contributed by atoms with van der Waals surface area (Å²) in [6, 6.07) is 3.22. The van der Waals surface area contributed by atoms with Gasteiger partial charge in [-0.1, -0.05) is 0 Å². The molecule has 8 heteroatoms. The zero-order valence-corrected chi connectivity index (χ0v) is 11.2. The van der Waals surface area contributed by atoms with Gasteiger partial charge in [-0.15, -0.1) is 0 Å². The number of nitrogens with zero attached hydrogens (tertiary/aromatic N) is 4. The number of carbonyl (C=O) groups is 1. The summed E-state index contributed by atoms with van der Waals surface area (Å²) in [4.78, 5) is 14.0. The van der Waals surface area contributed by atoms with Crippen LogP contribution in [-0.2, 0) is 0 Å². The van der Waals surface area contributed by atoms with Crippen molar-refractivity contribution in [3.63, 3.8) is 0 Å². The molecular weight excluding hydrogens is 280 g/mol. The van der Waals surface area contributed by atoms with Crippen molar-refractivity contribution in [2.24, 2.45) is 0 Å². The van der Waals surface area contributed by atoms with Gasteiger partial charge in [0.1, 0.15) is 0 Å².